The van der Waals surface area contributed by atoms with E-state index in [0.717, 1.165) is 12.8 Å². The second-order valence-electron chi connectivity index (χ2n) is 3.28. The SMILES string of the molecule is CCOCC(=O)N(N)C1CCOCC1. The Morgan fingerprint density at radius 1 is 1.57 bits per heavy atom. The summed E-state index contributed by atoms with van der Waals surface area (Å²) in [6, 6.07) is 0.108. The van der Waals surface area contributed by atoms with Crippen molar-refractivity contribution in [2.24, 2.45) is 5.84 Å². The van der Waals surface area contributed by atoms with Gasteiger partial charge in [-0.2, -0.15) is 0 Å². The van der Waals surface area contributed by atoms with Crippen LogP contribution < -0.4 is 5.84 Å². The Kier molecular flexibility index (Phi) is 4.86. The lowest BCUT2D eigenvalue weighted by Crippen LogP contribution is -2.49. The van der Waals surface area contributed by atoms with E-state index in [-0.39, 0.29) is 18.6 Å². The number of carbonyl (C=O) groups is 1. The van der Waals surface area contributed by atoms with Crippen molar-refractivity contribution in [1.29, 1.82) is 0 Å². The van der Waals surface area contributed by atoms with Crippen LogP contribution in [0.3, 0.4) is 0 Å². The number of rotatable bonds is 4. The molecule has 0 aromatic rings. The standard InChI is InChI=1S/C9H18N2O3/c1-2-13-7-9(12)11(10)8-3-5-14-6-4-8/h8H,2-7,10H2,1H3. The molecule has 0 aromatic carbocycles. The number of amides is 1. The van der Waals surface area contributed by atoms with Gasteiger partial charge in [0, 0.05) is 19.8 Å². The summed E-state index contributed by atoms with van der Waals surface area (Å²) in [7, 11) is 0. The zero-order valence-electron chi connectivity index (χ0n) is 8.57. The van der Waals surface area contributed by atoms with Gasteiger partial charge in [-0.25, -0.2) is 5.84 Å². The number of carbonyl (C=O) groups excluding carboxylic acids is 1. The van der Waals surface area contributed by atoms with Crippen LogP contribution in [0, 0.1) is 0 Å². The van der Waals surface area contributed by atoms with Gasteiger partial charge in [0.25, 0.3) is 5.91 Å². The van der Waals surface area contributed by atoms with Crippen LogP contribution in [0.15, 0.2) is 0 Å². The molecule has 1 amide bonds. The first-order chi connectivity index (χ1) is 6.75. The molecule has 5 heteroatoms. The van der Waals surface area contributed by atoms with Crippen LogP contribution in [0.2, 0.25) is 0 Å². The Morgan fingerprint density at radius 3 is 2.79 bits per heavy atom. The van der Waals surface area contributed by atoms with Gasteiger partial charge >= 0.3 is 0 Å². The predicted octanol–water partition coefficient (Wildman–Crippen LogP) is -0.0958. The minimum absolute atomic E-state index is 0.0738. The van der Waals surface area contributed by atoms with Gasteiger partial charge < -0.3 is 9.47 Å². The van der Waals surface area contributed by atoms with Crippen molar-refractivity contribution in [2.75, 3.05) is 26.4 Å². The van der Waals surface area contributed by atoms with Gasteiger partial charge in [-0.15, -0.1) is 0 Å². The molecule has 5 nitrogen and oxygen atoms in total. The minimum Gasteiger partial charge on any atom is -0.381 e. The molecule has 0 spiro atoms. The average molecular weight is 202 g/mol. The second-order valence-corrected chi connectivity index (χ2v) is 3.28. The molecule has 1 aliphatic rings. The number of ether oxygens (including phenoxy) is 2. The highest BCUT2D eigenvalue weighted by atomic mass is 16.5. The molecule has 82 valence electrons. The predicted molar refractivity (Wildman–Crippen MR) is 51.4 cm³/mol. The maximum atomic E-state index is 11.4. The molecule has 1 saturated heterocycles. The number of nitrogens with two attached hydrogens (primary N) is 1. The summed E-state index contributed by atoms with van der Waals surface area (Å²) >= 11 is 0. The van der Waals surface area contributed by atoms with E-state index >= 15 is 0 Å². The van der Waals surface area contributed by atoms with E-state index in [9.17, 15) is 4.79 Å². The Hall–Kier alpha value is -0.650. The number of nitrogens with zero attached hydrogens (tertiary/aromatic N) is 1. The zero-order valence-corrected chi connectivity index (χ0v) is 8.57. The van der Waals surface area contributed by atoms with Gasteiger partial charge in [0.05, 0.1) is 6.04 Å². The van der Waals surface area contributed by atoms with Crippen molar-refractivity contribution in [3.05, 3.63) is 0 Å². The van der Waals surface area contributed by atoms with Crippen LogP contribution in [0.25, 0.3) is 0 Å². The van der Waals surface area contributed by atoms with Gasteiger partial charge in [-0.1, -0.05) is 0 Å². The molecule has 14 heavy (non-hydrogen) atoms. The molecule has 0 unspecified atom stereocenters. The normalized spacial score (nSPS) is 18.1. The van der Waals surface area contributed by atoms with Crippen molar-refractivity contribution in [1.82, 2.24) is 5.01 Å². The maximum Gasteiger partial charge on any atom is 0.262 e. The van der Waals surface area contributed by atoms with E-state index in [2.05, 4.69) is 0 Å². The highest BCUT2D eigenvalue weighted by Gasteiger charge is 2.22. The third-order valence-electron chi connectivity index (χ3n) is 2.30. The lowest BCUT2D eigenvalue weighted by Gasteiger charge is -2.30. The van der Waals surface area contributed by atoms with Gasteiger partial charge in [0.15, 0.2) is 0 Å². The van der Waals surface area contributed by atoms with Crippen molar-refractivity contribution in [3.8, 4) is 0 Å². The monoisotopic (exact) mass is 202 g/mol. The molecule has 0 radical (unpaired) electrons. The van der Waals surface area contributed by atoms with Gasteiger partial charge in [-0.3, -0.25) is 9.80 Å². The van der Waals surface area contributed by atoms with Crippen LogP contribution in [-0.2, 0) is 14.3 Å². The van der Waals surface area contributed by atoms with Gasteiger partial charge in [-0.05, 0) is 19.8 Å². The van der Waals surface area contributed by atoms with Crippen LogP contribution >= 0.6 is 0 Å². The van der Waals surface area contributed by atoms with E-state index in [0.29, 0.717) is 19.8 Å². The molecule has 0 aromatic heterocycles. The third-order valence-corrected chi connectivity index (χ3v) is 2.30. The molecule has 0 bridgehead atoms. The summed E-state index contributed by atoms with van der Waals surface area (Å²) in [4.78, 5) is 11.4. The minimum atomic E-state index is -0.154. The lowest BCUT2D eigenvalue weighted by molar-refractivity contribution is -0.140. The second kappa shape index (κ2) is 5.95. The van der Waals surface area contributed by atoms with E-state index < -0.39 is 0 Å². The van der Waals surface area contributed by atoms with E-state index in [1.54, 1.807) is 0 Å². The maximum absolute atomic E-state index is 11.4. The Morgan fingerprint density at radius 2 is 2.21 bits per heavy atom. The summed E-state index contributed by atoms with van der Waals surface area (Å²) in [5, 5.41) is 1.29. The topological polar surface area (TPSA) is 64.8 Å². The van der Waals surface area contributed by atoms with E-state index in [1.165, 1.54) is 5.01 Å². The van der Waals surface area contributed by atoms with Crippen LogP contribution in [0.5, 0.6) is 0 Å². The highest BCUT2D eigenvalue weighted by Crippen LogP contribution is 2.11. The van der Waals surface area contributed by atoms with Crippen LogP contribution in [-0.4, -0.2) is 43.4 Å². The van der Waals surface area contributed by atoms with Crippen molar-refractivity contribution >= 4 is 5.91 Å². The fourth-order valence-corrected chi connectivity index (χ4v) is 1.43. The summed E-state index contributed by atoms with van der Waals surface area (Å²) in [6.07, 6.45) is 1.63. The molecular weight excluding hydrogens is 184 g/mol. The van der Waals surface area contributed by atoms with Gasteiger partial charge in [0.2, 0.25) is 0 Å². The number of hydrogen-bond acceptors (Lipinski definition) is 4. The molecule has 2 N–H and O–H groups in total. The first kappa shape index (κ1) is 11.4. The van der Waals surface area contributed by atoms with E-state index in [1.807, 2.05) is 6.92 Å². The molecule has 1 aliphatic heterocycles. The number of hydrazine groups is 1. The molecule has 1 fully saturated rings. The summed E-state index contributed by atoms with van der Waals surface area (Å²) in [6.45, 7) is 3.82. The summed E-state index contributed by atoms with van der Waals surface area (Å²) in [5.41, 5.74) is 0. The molecule has 0 aliphatic carbocycles. The number of hydrogen-bond donors (Lipinski definition) is 1. The molecule has 1 rings (SSSR count). The molecular formula is C9H18N2O3. The first-order valence-corrected chi connectivity index (χ1v) is 4.98. The Bertz CT molecular complexity index is 181. The molecule has 0 atom stereocenters. The summed E-state index contributed by atoms with van der Waals surface area (Å²) < 4.78 is 10.2. The zero-order chi connectivity index (χ0) is 10.4. The largest absolute Gasteiger partial charge is 0.381 e. The smallest absolute Gasteiger partial charge is 0.262 e. The quantitative estimate of drug-likeness (QED) is 0.393. The van der Waals surface area contributed by atoms with Crippen molar-refractivity contribution in [2.45, 2.75) is 25.8 Å². The average Bonchev–Trinajstić information content (AvgIpc) is 2.26. The Balaban J connectivity index is 2.30. The van der Waals surface area contributed by atoms with E-state index in [4.69, 9.17) is 15.3 Å². The van der Waals surface area contributed by atoms with Crippen molar-refractivity contribution < 1.29 is 14.3 Å². The molecule has 0 saturated carbocycles. The third kappa shape index (κ3) is 3.25. The van der Waals surface area contributed by atoms with Crippen LogP contribution in [0.4, 0.5) is 0 Å². The first-order valence-electron chi connectivity index (χ1n) is 4.98. The summed E-state index contributed by atoms with van der Waals surface area (Å²) in [5.74, 6) is 5.53. The fourth-order valence-electron chi connectivity index (χ4n) is 1.43. The van der Waals surface area contributed by atoms with Crippen molar-refractivity contribution in [3.63, 3.8) is 0 Å². The highest BCUT2D eigenvalue weighted by molar-refractivity contribution is 5.77. The van der Waals surface area contributed by atoms with Gasteiger partial charge in [0.1, 0.15) is 6.61 Å². The fraction of sp³-hybridized carbons (Fsp3) is 0.889. The molecule has 1 heterocycles. The Labute approximate surface area is 84.1 Å². The lowest BCUT2D eigenvalue weighted by atomic mass is 10.1. The van der Waals surface area contributed by atoms with Crippen LogP contribution in [0.1, 0.15) is 19.8 Å².